The van der Waals surface area contributed by atoms with Crippen molar-refractivity contribution in [3.63, 3.8) is 0 Å². The molecule has 0 saturated heterocycles. The molecule has 1 N–H and O–H groups in total. The second-order valence-electron chi connectivity index (χ2n) is 1.91. The summed E-state index contributed by atoms with van der Waals surface area (Å²) in [6.07, 6.45) is 0. The van der Waals surface area contributed by atoms with Gasteiger partial charge in [0.2, 0.25) is 0 Å². The molecule has 58 valence electrons. The number of rotatable bonds is 2. The van der Waals surface area contributed by atoms with Gasteiger partial charge in [0.1, 0.15) is 0 Å². The molecule has 0 amide bonds. The van der Waals surface area contributed by atoms with Crippen LogP contribution in [0.25, 0.3) is 0 Å². The van der Waals surface area contributed by atoms with Crippen molar-refractivity contribution in [2.75, 3.05) is 0 Å². The minimum atomic E-state index is -0.892. The summed E-state index contributed by atoms with van der Waals surface area (Å²) in [5.74, 6) is -0.892. The molecule has 0 aromatic heterocycles. The predicted molar refractivity (Wildman–Crippen MR) is 48.2 cm³/mol. The van der Waals surface area contributed by atoms with E-state index in [-0.39, 0.29) is 0 Å². The van der Waals surface area contributed by atoms with Gasteiger partial charge in [0.05, 0.1) is 5.56 Å². The zero-order valence-corrected chi connectivity index (χ0v) is 7.85. The van der Waals surface area contributed by atoms with Gasteiger partial charge in [-0.1, -0.05) is 0 Å². The number of carboxylic acids is 1. The van der Waals surface area contributed by atoms with Gasteiger partial charge in [-0.15, -0.1) is 0 Å². The normalized spacial score (nSPS) is 9.55. The Balaban J connectivity index is 2.91. The molecule has 0 spiro atoms. The lowest BCUT2D eigenvalue weighted by atomic mass is 10.2. The molecule has 11 heavy (non-hydrogen) atoms. The molecule has 0 fully saturated rings. The first-order valence-electron chi connectivity index (χ1n) is 2.86. The number of hydrogen-bond donors (Lipinski definition) is 1. The van der Waals surface area contributed by atoms with E-state index >= 15 is 0 Å². The highest BCUT2D eigenvalue weighted by Gasteiger charge is 2.00. The third kappa shape index (κ3) is 2.24. The number of halogens is 1. The SMILES string of the molecule is O=C(O)c1ccc(SBr)cc1. The number of benzene rings is 1. The Hall–Kier alpha value is -0.480. The summed E-state index contributed by atoms with van der Waals surface area (Å²) in [5, 5.41) is 8.53. The minimum absolute atomic E-state index is 0.315. The van der Waals surface area contributed by atoms with Gasteiger partial charge in [-0.05, 0) is 49.3 Å². The van der Waals surface area contributed by atoms with Gasteiger partial charge in [0, 0.05) is 4.90 Å². The first-order chi connectivity index (χ1) is 5.24. The van der Waals surface area contributed by atoms with Crippen LogP contribution in [-0.4, -0.2) is 11.1 Å². The molecule has 1 aromatic carbocycles. The summed E-state index contributed by atoms with van der Waals surface area (Å²) in [6.45, 7) is 0. The zero-order valence-electron chi connectivity index (χ0n) is 5.45. The second-order valence-corrected chi connectivity index (χ2v) is 3.50. The molecule has 2 nitrogen and oxygen atoms in total. The summed E-state index contributed by atoms with van der Waals surface area (Å²) in [6, 6.07) is 6.66. The lowest BCUT2D eigenvalue weighted by Gasteiger charge is -1.94. The quantitative estimate of drug-likeness (QED) is 0.853. The maximum Gasteiger partial charge on any atom is 0.335 e. The average Bonchev–Trinajstić information content (AvgIpc) is 2.05. The fraction of sp³-hybridized carbons (Fsp3) is 0. The lowest BCUT2D eigenvalue weighted by Crippen LogP contribution is -1.94. The first kappa shape index (κ1) is 8.62. The fourth-order valence-electron chi connectivity index (χ4n) is 0.649. The molecule has 0 bridgehead atoms. The van der Waals surface area contributed by atoms with Crippen LogP contribution in [0.5, 0.6) is 0 Å². The van der Waals surface area contributed by atoms with E-state index in [1.165, 1.54) is 10.2 Å². The summed E-state index contributed by atoms with van der Waals surface area (Å²) < 4.78 is 0. The van der Waals surface area contributed by atoms with Crippen molar-refractivity contribution < 1.29 is 9.90 Å². The molecule has 0 radical (unpaired) electrons. The Bertz CT molecular complexity index is 258. The highest BCUT2D eigenvalue weighted by atomic mass is 79.9. The van der Waals surface area contributed by atoms with Crippen molar-refractivity contribution in [3.05, 3.63) is 29.8 Å². The molecule has 0 aliphatic heterocycles. The third-order valence-electron chi connectivity index (χ3n) is 1.19. The molecule has 0 saturated carbocycles. The van der Waals surface area contributed by atoms with E-state index in [1.807, 2.05) is 0 Å². The van der Waals surface area contributed by atoms with E-state index in [4.69, 9.17) is 5.11 Å². The summed E-state index contributed by atoms with van der Waals surface area (Å²) in [7, 11) is 1.41. The average molecular weight is 233 g/mol. The second kappa shape index (κ2) is 3.78. The number of carbonyl (C=O) groups is 1. The van der Waals surface area contributed by atoms with Crippen LogP contribution in [-0.2, 0) is 0 Å². The Morgan fingerprint density at radius 2 is 1.91 bits per heavy atom. The monoisotopic (exact) mass is 232 g/mol. The zero-order chi connectivity index (χ0) is 8.27. The Morgan fingerprint density at radius 1 is 1.36 bits per heavy atom. The van der Waals surface area contributed by atoms with Crippen molar-refractivity contribution in [1.82, 2.24) is 0 Å². The summed E-state index contributed by atoms with van der Waals surface area (Å²) in [4.78, 5) is 11.4. The summed E-state index contributed by atoms with van der Waals surface area (Å²) in [5.41, 5.74) is 0.315. The van der Waals surface area contributed by atoms with E-state index in [0.29, 0.717) is 5.56 Å². The fourth-order valence-corrected chi connectivity index (χ4v) is 1.54. The number of carboxylic acid groups (broad SMARTS) is 1. The summed E-state index contributed by atoms with van der Waals surface area (Å²) >= 11 is 3.19. The standard InChI is InChI=1S/C7H5BrO2S/c8-11-6-3-1-5(2-4-6)7(9)10/h1-4H,(H,9,10). The lowest BCUT2D eigenvalue weighted by molar-refractivity contribution is 0.0697. The maximum atomic E-state index is 10.4. The van der Waals surface area contributed by atoms with Crippen molar-refractivity contribution in [2.24, 2.45) is 0 Å². The third-order valence-corrected chi connectivity index (χ3v) is 2.76. The molecule has 1 aromatic rings. The maximum absolute atomic E-state index is 10.4. The molecular weight excluding hydrogens is 228 g/mol. The molecule has 0 aliphatic rings. The first-order valence-corrected chi connectivity index (χ1v) is 5.52. The molecule has 0 aliphatic carbocycles. The highest BCUT2D eigenvalue weighted by Crippen LogP contribution is 2.23. The van der Waals surface area contributed by atoms with Crippen molar-refractivity contribution in [3.8, 4) is 0 Å². The molecule has 0 unspecified atom stereocenters. The van der Waals surface area contributed by atoms with Gasteiger partial charge < -0.3 is 5.11 Å². The van der Waals surface area contributed by atoms with E-state index in [9.17, 15) is 4.79 Å². The van der Waals surface area contributed by atoms with Gasteiger partial charge in [0.15, 0.2) is 0 Å². The van der Waals surface area contributed by atoms with Crippen molar-refractivity contribution >= 4 is 31.0 Å². The van der Waals surface area contributed by atoms with Crippen LogP contribution >= 0.6 is 25.0 Å². The Morgan fingerprint density at radius 3 is 2.27 bits per heavy atom. The van der Waals surface area contributed by atoms with Crippen LogP contribution in [0.2, 0.25) is 0 Å². The number of hydrogen-bond acceptors (Lipinski definition) is 2. The van der Waals surface area contributed by atoms with Gasteiger partial charge in [0.25, 0.3) is 0 Å². The van der Waals surface area contributed by atoms with Gasteiger partial charge in [-0.2, -0.15) is 0 Å². The van der Waals surface area contributed by atoms with Crippen LogP contribution in [0, 0.1) is 0 Å². The topological polar surface area (TPSA) is 37.3 Å². The minimum Gasteiger partial charge on any atom is -0.478 e. The largest absolute Gasteiger partial charge is 0.478 e. The molecule has 0 atom stereocenters. The van der Waals surface area contributed by atoms with E-state index in [1.54, 1.807) is 24.3 Å². The van der Waals surface area contributed by atoms with Crippen LogP contribution in [0.4, 0.5) is 0 Å². The molecular formula is C7H5BrO2S. The van der Waals surface area contributed by atoms with Crippen LogP contribution in [0.1, 0.15) is 10.4 Å². The number of aromatic carboxylic acids is 1. The highest BCUT2D eigenvalue weighted by molar-refractivity contribution is 9.50. The van der Waals surface area contributed by atoms with E-state index in [0.717, 1.165) is 4.90 Å². The van der Waals surface area contributed by atoms with Crippen molar-refractivity contribution in [1.29, 1.82) is 0 Å². The van der Waals surface area contributed by atoms with Crippen LogP contribution in [0.3, 0.4) is 0 Å². The Kier molecular flexibility index (Phi) is 2.96. The Labute approximate surface area is 75.8 Å². The van der Waals surface area contributed by atoms with Gasteiger partial charge >= 0.3 is 5.97 Å². The van der Waals surface area contributed by atoms with Gasteiger partial charge in [-0.25, -0.2) is 4.79 Å². The van der Waals surface area contributed by atoms with Gasteiger partial charge in [-0.3, -0.25) is 0 Å². The van der Waals surface area contributed by atoms with Crippen molar-refractivity contribution in [2.45, 2.75) is 4.90 Å². The molecule has 4 heteroatoms. The molecule has 1 rings (SSSR count). The van der Waals surface area contributed by atoms with Crippen LogP contribution in [0.15, 0.2) is 29.2 Å². The van der Waals surface area contributed by atoms with E-state index in [2.05, 4.69) is 14.8 Å². The smallest absolute Gasteiger partial charge is 0.335 e. The predicted octanol–water partition coefficient (Wildman–Crippen LogP) is 2.79. The molecule has 0 heterocycles. The van der Waals surface area contributed by atoms with Crippen LogP contribution < -0.4 is 0 Å². The van der Waals surface area contributed by atoms with E-state index < -0.39 is 5.97 Å².